The molecule has 0 saturated carbocycles. The molecule has 0 aliphatic heterocycles. The predicted octanol–water partition coefficient (Wildman–Crippen LogP) is 2.21. The molecule has 0 aliphatic carbocycles. The molecule has 0 fully saturated rings. The molecule has 1 radical (unpaired) electrons. The third-order valence-electron chi connectivity index (χ3n) is 0.954. The Morgan fingerprint density at radius 1 is 1.50 bits per heavy atom. The minimum absolute atomic E-state index is 0. The number of hydrogen-bond donors (Lipinski definition) is 1. The number of rotatable bonds is 1. The van der Waals surface area contributed by atoms with Crippen LogP contribution in [-0.2, 0) is 32.7 Å². The van der Waals surface area contributed by atoms with E-state index < -0.39 is 5.97 Å². The summed E-state index contributed by atoms with van der Waals surface area (Å²) < 4.78 is 0. The van der Waals surface area contributed by atoms with Crippen molar-refractivity contribution in [2.75, 3.05) is 0 Å². The molecule has 0 spiro atoms. The van der Waals surface area contributed by atoms with Gasteiger partial charge >= 0.3 is 0 Å². The number of carboxylic acids is 1. The van der Waals surface area contributed by atoms with Gasteiger partial charge in [-0.15, -0.1) is 0 Å². The van der Waals surface area contributed by atoms with E-state index >= 15 is 0 Å². The van der Waals surface area contributed by atoms with Gasteiger partial charge in [0.25, 0.3) is 5.97 Å². The minimum atomic E-state index is -0.910. The second kappa shape index (κ2) is 8.89. The van der Waals surface area contributed by atoms with E-state index in [0.717, 1.165) is 0 Å². The van der Waals surface area contributed by atoms with Crippen molar-refractivity contribution < 1.29 is 42.6 Å². The summed E-state index contributed by atoms with van der Waals surface area (Å²) in [7, 11) is 0. The average Bonchev–Trinajstić information content (AvgIpc) is 2.10. The third kappa shape index (κ3) is 5.45. The van der Waals surface area contributed by atoms with Crippen LogP contribution in [0.2, 0.25) is 0 Å². The van der Waals surface area contributed by atoms with Gasteiger partial charge in [-0.2, -0.15) is 30.3 Å². The van der Waals surface area contributed by atoms with E-state index in [9.17, 15) is 4.79 Å². The summed E-state index contributed by atoms with van der Waals surface area (Å²) in [4.78, 5) is 10.2. The van der Waals surface area contributed by atoms with Crippen LogP contribution in [0, 0.1) is 6.07 Å². The Labute approximate surface area is 97.9 Å². The van der Waals surface area contributed by atoms with Gasteiger partial charge in [-0.1, -0.05) is 19.4 Å². The molecule has 3 heteroatoms. The SMILES string of the molecule is CC.O=C(O)c1c[c-]ccc1.[Y]. The summed E-state index contributed by atoms with van der Waals surface area (Å²) in [6, 6.07) is 8.92. The van der Waals surface area contributed by atoms with Crippen molar-refractivity contribution in [1.29, 1.82) is 0 Å². The van der Waals surface area contributed by atoms with E-state index in [2.05, 4.69) is 6.07 Å². The number of carboxylic acid groups (broad SMARTS) is 1. The predicted molar refractivity (Wildman–Crippen MR) is 43.6 cm³/mol. The first-order chi connectivity index (χ1) is 5.30. The molecule has 0 atom stereocenters. The van der Waals surface area contributed by atoms with Gasteiger partial charge in [0, 0.05) is 32.7 Å². The molecular weight excluding hydrogens is 229 g/mol. The maximum atomic E-state index is 10.2. The number of aromatic carboxylic acids is 1. The largest absolute Gasteiger partial charge is 0.487 e. The van der Waals surface area contributed by atoms with Crippen LogP contribution in [0.15, 0.2) is 24.3 Å². The van der Waals surface area contributed by atoms with E-state index in [1.165, 1.54) is 12.1 Å². The van der Waals surface area contributed by atoms with Gasteiger partial charge in [0.15, 0.2) is 0 Å². The van der Waals surface area contributed by atoms with Crippen molar-refractivity contribution >= 4 is 5.97 Å². The Bertz CT molecular complexity index is 209. The Balaban J connectivity index is 0. The molecule has 0 aliphatic rings. The topological polar surface area (TPSA) is 37.3 Å². The Morgan fingerprint density at radius 3 is 2.33 bits per heavy atom. The van der Waals surface area contributed by atoms with Crippen molar-refractivity contribution in [3.05, 3.63) is 35.9 Å². The summed E-state index contributed by atoms with van der Waals surface area (Å²) >= 11 is 0. The van der Waals surface area contributed by atoms with Crippen molar-refractivity contribution in [3.8, 4) is 0 Å². The average molecular weight is 240 g/mol. The standard InChI is InChI=1S/C7H5O2.C2H6.Y/c8-7(9)6-4-2-1-3-5-6;1-2;/h1-2,4-5H,(H,8,9);1-2H3;/q-1;;. The van der Waals surface area contributed by atoms with E-state index in [0.29, 0.717) is 0 Å². The fourth-order valence-electron chi connectivity index (χ4n) is 0.526. The number of hydrogen-bond acceptors (Lipinski definition) is 1. The smallest absolute Gasteiger partial charge is 0.278 e. The quantitative estimate of drug-likeness (QED) is 0.764. The fraction of sp³-hybridized carbons (Fsp3) is 0.222. The zero-order valence-corrected chi connectivity index (χ0v) is 10.1. The van der Waals surface area contributed by atoms with Gasteiger partial charge in [-0.3, -0.25) is 4.79 Å². The third-order valence-corrected chi connectivity index (χ3v) is 0.954. The van der Waals surface area contributed by atoms with Gasteiger partial charge in [-0.25, -0.2) is 0 Å². The van der Waals surface area contributed by atoms with Crippen LogP contribution >= 0.6 is 0 Å². The fourth-order valence-corrected chi connectivity index (χ4v) is 0.526. The Hall–Kier alpha value is -0.206. The van der Waals surface area contributed by atoms with Crippen molar-refractivity contribution in [3.63, 3.8) is 0 Å². The van der Waals surface area contributed by atoms with Gasteiger partial charge < -0.3 is 5.11 Å². The Kier molecular flexibility index (Phi) is 10.6. The van der Waals surface area contributed by atoms with Crippen LogP contribution in [0.25, 0.3) is 0 Å². The van der Waals surface area contributed by atoms with Gasteiger partial charge in [0.05, 0.1) is 0 Å². The number of carbonyl (C=O) groups is 1. The molecule has 12 heavy (non-hydrogen) atoms. The molecule has 0 bridgehead atoms. The summed E-state index contributed by atoms with van der Waals surface area (Å²) in [6.07, 6.45) is 0. The number of benzene rings is 1. The molecule has 1 aromatic carbocycles. The van der Waals surface area contributed by atoms with Crippen LogP contribution in [0.1, 0.15) is 24.2 Å². The normalized spacial score (nSPS) is 7.17. The molecule has 1 rings (SSSR count). The van der Waals surface area contributed by atoms with E-state index in [1.54, 1.807) is 12.1 Å². The van der Waals surface area contributed by atoms with Crippen LogP contribution in [0.3, 0.4) is 0 Å². The molecule has 0 unspecified atom stereocenters. The zero-order chi connectivity index (χ0) is 8.69. The summed E-state index contributed by atoms with van der Waals surface area (Å²) in [5.41, 5.74) is 0.275. The monoisotopic (exact) mass is 240 g/mol. The molecular formula is C9H11O2Y-. The first-order valence-corrected chi connectivity index (χ1v) is 3.50. The van der Waals surface area contributed by atoms with E-state index in [4.69, 9.17) is 5.11 Å². The van der Waals surface area contributed by atoms with Crippen molar-refractivity contribution in [2.24, 2.45) is 0 Å². The maximum Gasteiger partial charge on any atom is 0.278 e. The first-order valence-electron chi connectivity index (χ1n) is 3.50. The van der Waals surface area contributed by atoms with Gasteiger partial charge in [-0.05, 0) is 0 Å². The second-order valence-electron chi connectivity index (χ2n) is 1.60. The van der Waals surface area contributed by atoms with Crippen LogP contribution in [0.4, 0.5) is 0 Å². The molecule has 0 aromatic heterocycles. The zero-order valence-electron chi connectivity index (χ0n) is 7.24. The van der Waals surface area contributed by atoms with Crippen LogP contribution < -0.4 is 0 Å². The minimum Gasteiger partial charge on any atom is -0.487 e. The molecule has 0 amide bonds. The van der Waals surface area contributed by atoms with Crippen LogP contribution in [0.5, 0.6) is 0 Å². The molecule has 1 aromatic rings. The molecule has 0 heterocycles. The molecule has 0 saturated heterocycles. The summed E-state index contributed by atoms with van der Waals surface area (Å²) in [5.74, 6) is -0.910. The van der Waals surface area contributed by atoms with Crippen molar-refractivity contribution in [2.45, 2.75) is 13.8 Å². The molecule has 63 valence electrons. The molecule has 2 nitrogen and oxygen atoms in total. The van der Waals surface area contributed by atoms with Gasteiger partial charge in [0.1, 0.15) is 0 Å². The summed E-state index contributed by atoms with van der Waals surface area (Å²) in [6.45, 7) is 4.00. The van der Waals surface area contributed by atoms with Crippen molar-refractivity contribution in [1.82, 2.24) is 0 Å². The van der Waals surface area contributed by atoms with E-state index in [1.807, 2.05) is 13.8 Å². The maximum absolute atomic E-state index is 10.2. The van der Waals surface area contributed by atoms with Gasteiger partial charge in [0.2, 0.25) is 0 Å². The summed E-state index contributed by atoms with van der Waals surface area (Å²) in [5, 5.41) is 8.36. The Morgan fingerprint density at radius 2 is 2.08 bits per heavy atom. The van der Waals surface area contributed by atoms with Crippen LogP contribution in [-0.4, -0.2) is 11.1 Å². The van der Waals surface area contributed by atoms with E-state index in [-0.39, 0.29) is 38.3 Å². The second-order valence-corrected chi connectivity index (χ2v) is 1.60. The first kappa shape index (κ1) is 14.3. The molecule has 1 N–H and O–H groups in total.